The molecule has 0 aromatic rings. The molecular formula is C9H17NO. The summed E-state index contributed by atoms with van der Waals surface area (Å²) < 4.78 is 0. The highest BCUT2D eigenvalue weighted by Gasteiger charge is 2.19. The van der Waals surface area contributed by atoms with Gasteiger partial charge >= 0.3 is 0 Å². The van der Waals surface area contributed by atoms with Crippen molar-refractivity contribution in [2.45, 2.75) is 39.0 Å². The van der Waals surface area contributed by atoms with E-state index >= 15 is 0 Å². The Labute approximate surface area is 68.4 Å². The Morgan fingerprint density at radius 2 is 2.27 bits per heavy atom. The molecule has 0 heterocycles. The van der Waals surface area contributed by atoms with Crippen LogP contribution in [-0.4, -0.2) is 12.5 Å². The molecule has 0 aliphatic heterocycles. The highest BCUT2D eigenvalue weighted by atomic mass is 16.1. The molecule has 1 N–H and O–H groups in total. The molecule has 1 aliphatic carbocycles. The van der Waals surface area contributed by atoms with E-state index in [9.17, 15) is 4.79 Å². The first-order valence-corrected chi connectivity index (χ1v) is 4.59. The van der Waals surface area contributed by atoms with Gasteiger partial charge in [0.1, 0.15) is 0 Å². The lowest BCUT2D eigenvalue weighted by molar-refractivity contribution is -0.120. The van der Waals surface area contributed by atoms with Crippen molar-refractivity contribution >= 4 is 5.91 Å². The third kappa shape index (κ3) is 4.02. The highest BCUT2D eigenvalue weighted by Crippen LogP contribution is 2.33. The number of hydrogen-bond acceptors (Lipinski definition) is 1. The van der Waals surface area contributed by atoms with E-state index in [4.69, 9.17) is 0 Å². The number of nitrogens with one attached hydrogen (secondary N) is 1. The van der Waals surface area contributed by atoms with Gasteiger partial charge in [-0.2, -0.15) is 0 Å². The summed E-state index contributed by atoms with van der Waals surface area (Å²) >= 11 is 0. The SMILES string of the molecule is CCC(=O)NCCCC1CC1. The summed E-state index contributed by atoms with van der Waals surface area (Å²) in [5.74, 6) is 1.18. The van der Waals surface area contributed by atoms with Gasteiger partial charge in [-0.3, -0.25) is 4.79 Å². The highest BCUT2D eigenvalue weighted by molar-refractivity contribution is 5.75. The van der Waals surface area contributed by atoms with E-state index in [0.29, 0.717) is 6.42 Å². The lowest BCUT2D eigenvalue weighted by Crippen LogP contribution is -2.23. The molecule has 1 saturated carbocycles. The molecule has 1 rings (SSSR count). The lowest BCUT2D eigenvalue weighted by atomic mass is 10.2. The minimum absolute atomic E-state index is 0.181. The maximum Gasteiger partial charge on any atom is 0.219 e. The van der Waals surface area contributed by atoms with Gasteiger partial charge < -0.3 is 5.32 Å². The van der Waals surface area contributed by atoms with E-state index in [1.54, 1.807) is 0 Å². The maximum absolute atomic E-state index is 10.8. The molecule has 0 bridgehead atoms. The van der Waals surface area contributed by atoms with Crippen molar-refractivity contribution in [3.63, 3.8) is 0 Å². The van der Waals surface area contributed by atoms with Gasteiger partial charge in [0.05, 0.1) is 0 Å². The van der Waals surface area contributed by atoms with E-state index in [0.717, 1.165) is 18.9 Å². The van der Waals surface area contributed by atoms with Crippen molar-refractivity contribution in [2.24, 2.45) is 5.92 Å². The Morgan fingerprint density at radius 3 is 2.82 bits per heavy atom. The van der Waals surface area contributed by atoms with Crippen LogP contribution in [0.4, 0.5) is 0 Å². The zero-order valence-electron chi connectivity index (χ0n) is 7.23. The van der Waals surface area contributed by atoms with E-state index < -0.39 is 0 Å². The topological polar surface area (TPSA) is 29.1 Å². The van der Waals surface area contributed by atoms with Crippen molar-refractivity contribution < 1.29 is 4.79 Å². The monoisotopic (exact) mass is 155 g/mol. The summed E-state index contributed by atoms with van der Waals surface area (Å²) in [5, 5.41) is 2.88. The van der Waals surface area contributed by atoms with Crippen LogP contribution in [-0.2, 0) is 4.79 Å². The Bertz CT molecular complexity index is 130. The first kappa shape index (κ1) is 8.57. The fourth-order valence-electron chi connectivity index (χ4n) is 1.15. The Hall–Kier alpha value is -0.530. The standard InChI is InChI=1S/C9H17NO/c1-2-9(11)10-7-3-4-8-5-6-8/h8H,2-7H2,1H3,(H,10,11). The molecule has 0 radical (unpaired) electrons. The van der Waals surface area contributed by atoms with Crippen molar-refractivity contribution in [2.75, 3.05) is 6.54 Å². The first-order valence-electron chi connectivity index (χ1n) is 4.59. The molecule has 0 aromatic carbocycles. The second-order valence-corrected chi connectivity index (χ2v) is 3.29. The van der Waals surface area contributed by atoms with Crippen LogP contribution in [0.15, 0.2) is 0 Å². The van der Waals surface area contributed by atoms with Crippen LogP contribution in [0.1, 0.15) is 39.0 Å². The zero-order valence-corrected chi connectivity index (χ0v) is 7.23. The van der Waals surface area contributed by atoms with Crippen LogP contribution >= 0.6 is 0 Å². The second kappa shape index (κ2) is 4.37. The fraction of sp³-hybridized carbons (Fsp3) is 0.889. The average Bonchev–Trinajstić information content (AvgIpc) is 2.81. The molecule has 1 fully saturated rings. The molecule has 2 nitrogen and oxygen atoms in total. The number of rotatable bonds is 5. The van der Waals surface area contributed by atoms with Gasteiger partial charge in [0.25, 0.3) is 0 Å². The van der Waals surface area contributed by atoms with Gasteiger partial charge in [0.15, 0.2) is 0 Å². The number of hydrogen-bond donors (Lipinski definition) is 1. The molecule has 0 spiro atoms. The summed E-state index contributed by atoms with van der Waals surface area (Å²) in [4.78, 5) is 10.8. The predicted octanol–water partition coefficient (Wildman–Crippen LogP) is 1.70. The van der Waals surface area contributed by atoms with Crippen LogP contribution in [0.25, 0.3) is 0 Å². The van der Waals surface area contributed by atoms with Crippen molar-refractivity contribution in [1.82, 2.24) is 5.32 Å². The summed E-state index contributed by atoms with van der Waals surface area (Å²) in [7, 11) is 0. The Morgan fingerprint density at radius 1 is 1.55 bits per heavy atom. The van der Waals surface area contributed by atoms with Gasteiger partial charge in [-0.25, -0.2) is 0 Å². The van der Waals surface area contributed by atoms with E-state index in [2.05, 4.69) is 5.32 Å². The molecule has 0 aromatic heterocycles. The first-order chi connectivity index (χ1) is 5.33. The third-order valence-corrected chi connectivity index (χ3v) is 2.13. The van der Waals surface area contributed by atoms with Crippen LogP contribution in [0, 0.1) is 5.92 Å². The van der Waals surface area contributed by atoms with Gasteiger partial charge in [-0.1, -0.05) is 19.8 Å². The molecule has 2 heteroatoms. The van der Waals surface area contributed by atoms with Gasteiger partial charge in [-0.15, -0.1) is 0 Å². The summed E-state index contributed by atoms with van der Waals surface area (Å²) in [5.41, 5.74) is 0. The van der Waals surface area contributed by atoms with Gasteiger partial charge in [-0.05, 0) is 18.8 Å². The van der Waals surface area contributed by atoms with Crippen LogP contribution in [0.5, 0.6) is 0 Å². The van der Waals surface area contributed by atoms with Crippen molar-refractivity contribution in [3.8, 4) is 0 Å². The van der Waals surface area contributed by atoms with Crippen LogP contribution in [0.3, 0.4) is 0 Å². The van der Waals surface area contributed by atoms with Crippen LogP contribution < -0.4 is 5.32 Å². The van der Waals surface area contributed by atoms with E-state index in [-0.39, 0.29) is 5.91 Å². The quantitative estimate of drug-likeness (QED) is 0.601. The van der Waals surface area contributed by atoms with E-state index in [1.165, 1.54) is 19.3 Å². The summed E-state index contributed by atoms with van der Waals surface area (Å²) in [6.45, 7) is 2.76. The van der Waals surface area contributed by atoms with Gasteiger partial charge in [0, 0.05) is 13.0 Å². The molecule has 0 atom stereocenters. The molecule has 64 valence electrons. The lowest BCUT2D eigenvalue weighted by Gasteiger charge is -2.01. The number of carbonyl (C=O) groups is 1. The minimum Gasteiger partial charge on any atom is -0.356 e. The number of carbonyl (C=O) groups excluding carboxylic acids is 1. The molecule has 1 amide bonds. The smallest absolute Gasteiger partial charge is 0.219 e. The predicted molar refractivity (Wildman–Crippen MR) is 45.3 cm³/mol. The number of amides is 1. The van der Waals surface area contributed by atoms with E-state index in [1.807, 2.05) is 6.92 Å². The normalized spacial score (nSPS) is 16.5. The van der Waals surface area contributed by atoms with Crippen LogP contribution in [0.2, 0.25) is 0 Å². The maximum atomic E-state index is 10.8. The average molecular weight is 155 g/mol. The zero-order chi connectivity index (χ0) is 8.10. The third-order valence-electron chi connectivity index (χ3n) is 2.13. The molecule has 0 saturated heterocycles. The van der Waals surface area contributed by atoms with Crippen molar-refractivity contribution in [1.29, 1.82) is 0 Å². The summed E-state index contributed by atoms with van der Waals surface area (Å²) in [6, 6.07) is 0. The molecular weight excluding hydrogens is 138 g/mol. The second-order valence-electron chi connectivity index (χ2n) is 3.29. The van der Waals surface area contributed by atoms with Crippen molar-refractivity contribution in [3.05, 3.63) is 0 Å². The molecule has 11 heavy (non-hydrogen) atoms. The summed E-state index contributed by atoms with van der Waals surface area (Å²) in [6.07, 6.45) is 5.92. The minimum atomic E-state index is 0.181. The molecule has 0 unspecified atom stereocenters. The fourth-order valence-corrected chi connectivity index (χ4v) is 1.15. The largest absolute Gasteiger partial charge is 0.356 e. The Balaban J connectivity index is 1.82. The molecule has 1 aliphatic rings. The Kier molecular flexibility index (Phi) is 3.40. The van der Waals surface area contributed by atoms with Gasteiger partial charge in [0.2, 0.25) is 5.91 Å².